The first kappa shape index (κ1) is 18.3. The second-order valence-corrected chi connectivity index (χ2v) is 9.01. The maximum Gasteiger partial charge on any atom is 0.410 e. The molecular formula is C18H24ClN3O2S. The molecule has 1 aromatic carbocycles. The van der Waals surface area contributed by atoms with Crippen molar-refractivity contribution in [3.05, 3.63) is 28.0 Å². The summed E-state index contributed by atoms with van der Waals surface area (Å²) in [6.07, 6.45) is 1.63. The van der Waals surface area contributed by atoms with Gasteiger partial charge in [0.2, 0.25) is 0 Å². The molecule has 2 aromatic rings. The smallest absolute Gasteiger partial charge is 0.410 e. The monoisotopic (exact) mass is 381 g/mol. The predicted molar refractivity (Wildman–Crippen MR) is 101 cm³/mol. The fraction of sp³-hybridized carbons (Fsp3) is 0.556. The normalized spacial score (nSPS) is 16.4. The Kier molecular flexibility index (Phi) is 5.11. The maximum atomic E-state index is 12.2. The van der Waals surface area contributed by atoms with Crippen LogP contribution in [0, 0.1) is 11.3 Å². The predicted octanol–water partition coefficient (Wildman–Crippen LogP) is 4.48. The van der Waals surface area contributed by atoms with Crippen LogP contribution in [-0.4, -0.2) is 34.3 Å². The van der Waals surface area contributed by atoms with Crippen molar-refractivity contribution in [3.8, 4) is 0 Å². The Bertz CT molecular complexity index is 829. The van der Waals surface area contributed by atoms with E-state index in [9.17, 15) is 4.79 Å². The number of rotatable bonds is 2. The van der Waals surface area contributed by atoms with Crippen molar-refractivity contribution >= 4 is 39.2 Å². The maximum absolute atomic E-state index is 12.2. The molecule has 1 N–H and O–H groups in total. The van der Waals surface area contributed by atoms with E-state index in [0.717, 1.165) is 29.6 Å². The van der Waals surface area contributed by atoms with Gasteiger partial charge in [0.25, 0.3) is 0 Å². The lowest BCUT2D eigenvalue weighted by Crippen LogP contribution is -2.42. The number of hydrogen-bond acceptors (Lipinski definition) is 4. The molecular weight excluding hydrogens is 358 g/mol. The number of nitrogens with zero attached hydrogens (tertiary/aromatic N) is 2. The number of benzene rings is 1. The molecule has 25 heavy (non-hydrogen) atoms. The first-order chi connectivity index (χ1) is 11.7. The van der Waals surface area contributed by atoms with Crippen molar-refractivity contribution < 1.29 is 9.53 Å². The second kappa shape index (κ2) is 7.00. The average molecular weight is 382 g/mol. The molecule has 5 nitrogen and oxygen atoms in total. The van der Waals surface area contributed by atoms with Gasteiger partial charge in [-0.25, -0.2) is 4.79 Å². The Morgan fingerprint density at radius 3 is 2.68 bits per heavy atom. The first-order valence-electron chi connectivity index (χ1n) is 8.54. The molecule has 0 spiro atoms. The van der Waals surface area contributed by atoms with E-state index in [-0.39, 0.29) is 6.09 Å². The van der Waals surface area contributed by atoms with Gasteiger partial charge in [0, 0.05) is 24.7 Å². The van der Waals surface area contributed by atoms with Gasteiger partial charge in [-0.05, 0) is 57.7 Å². The molecule has 0 radical (unpaired) electrons. The minimum Gasteiger partial charge on any atom is -0.444 e. The number of nitrogens with one attached hydrogen (secondary N) is 1. The molecule has 0 atom stereocenters. The Labute approximate surface area is 156 Å². The number of aromatic nitrogens is 1. The van der Waals surface area contributed by atoms with E-state index < -0.39 is 5.60 Å². The summed E-state index contributed by atoms with van der Waals surface area (Å²) in [6, 6.07) is 5.78. The summed E-state index contributed by atoms with van der Waals surface area (Å²) in [5.74, 6) is 0.460. The van der Waals surface area contributed by atoms with E-state index in [1.807, 2.05) is 39.0 Å². The third-order valence-corrected chi connectivity index (χ3v) is 5.57. The van der Waals surface area contributed by atoms with Gasteiger partial charge in [0.15, 0.2) is 4.80 Å². The highest BCUT2D eigenvalue weighted by molar-refractivity contribution is 7.16. The van der Waals surface area contributed by atoms with Crippen molar-refractivity contribution in [2.45, 2.75) is 45.8 Å². The molecule has 0 aliphatic carbocycles. The topological polar surface area (TPSA) is 58.3 Å². The van der Waals surface area contributed by atoms with Gasteiger partial charge < -0.3 is 14.2 Å². The van der Waals surface area contributed by atoms with Crippen LogP contribution in [0.4, 0.5) is 4.79 Å². The number of hydrogen-bond donors (Lipinski definition) is 1. The summed E-state index contributed by atoms with van der Waals surface area (Å²) in [5.41, 5.74) is 0.606. The van der Waals surface area contributed by atoms with Gasteiger partial charge in [-0.15, -0.1) is 0 Å². The third kappa shape index (κ3) is 4.36. The lowest BCUT2D eigenvalue weighted by Gasteiger charge is -2.33. The van der Waals surface area contributed by atoms with E-state index in [4.69, 9.17) is 21.7 Å². The summed E-state index contributed by atoms with van der Waals surface area (Å²) in [6.45, 7) is 7.89. The SMILES string of the molecule is CC(C)(C)OC(=O)N1CCC(Cn2c(=N)sc3cc(Cl)ccc32)CC1. The number of piperidine rings is 1. The number of fused-ring (bicyclic) bond motifs is 1. The molecule has 1 amide bonds. The molecule has 2 heterocycles. The van der Waals surface area contributed by atoms with E-state index in [0.29, 0.717) is 28.8 Å². The Morgan fingerprint density at radius 1 is 1.36 bits per heavy atom. The molecule has 1 aliphatic heterocycles. The van der Waals surface area contributed by atoms with Crippen LogP contribution in [0.3, 0.4) is 0 Å². The van der Waals surface area contributed by atoms with E-state index >= 15 is 0 Å². The molecule has 1 aromatic heterocycles. The van der Waals surface area contributed by atoms with Crippen LogP contribution in [-0.2, 0) is 11.3 Å². The molecule has 7 heteroatoms. The van der Waals surface area contributed by atoms with Crippen LogP contribution in [0.25, 0.3) is 10.2 Å². The highest BCUT2D eigenvalue weighted by Gasteiger charge is 2.27. The summed E-state index contributed by atoms with van der Waals surface area (Å²) in [5, 5.41) is 8.95. The van der Waals surface area contributed by atoms with Crippen molar-refractivity contribution in [1.29, 1.82) is 5.41 Å². The first-order valence-corrected chi connectivity index (χ1v) is 9.74. The standard InChI is InChI=1S/C18H24ClN3O2S/c1-18(2,3)24-17(23)21-8-6-12(7-9-21)11-22-14-5-4-13(19)10-15(14)25-16(22)20/h4-5,10,12,20H,6-9,11H2,1-3H3. The Morgan fingerprint density at radius 2 is 2.04 bits per heavy atom. The van der Waals surface area contributed by atoms with Crippen molar-refractivity contribution in [2.24, 2.45) is 5.92 Å². The molecule has 1 saturated heterocycles. The third-order valence-electron chi connectivity index (χ3n) is 4.37. The van der Waals surface area contributed by atoms with Crippen LogP contribution >= 0.6 is 22.9 Å². The van der Waals surface area contributed by atoms with Crippen molar-refractivity contribution in [1.82, 2.24) is 9.47 Å². The number of halogens is 1. The van der Waals surface area contributed by atoms with Crippen LogP contribution < -0.4 is 4.80 Å². The van der Waals surface area contributed by atoms with Gasteiger partial charge in [0.05, 0.1) is 10.2 Å². The van der Waals surface area contributed by atoms with Crippen LogP contribution in [0.2, 0.25) is 5.02 Å². The van der Waals surface area contributed by atoms with Gasteiger partial charge in [0.1, 0.15) is 5.60 Å². The minimum absolute atomic E-state index is 0.226. The Hall–Kier alpha value is -1.53. The quantitative estimate of drug-likeness (QED) is 0.833. The second-order valence-electron chi connectivity index (χ2n) is 7.54. The highest BCUT2D eigenvalue weighted by Crippen LogP contribution is 2.25. The summed E-state index contributed by atoms with van der Waals surface area (Å²) < 4.78 is 8.55. The molecule has 0 unspecified atom stereocenters. The number of ether oxygens (including phenoxy) is 1. The van der Waals surface area contributed by atoms with E-state index in [2.05, 4.69) is 4.57 Å². The number of thiazole rings is 1. The summed E-state index contributed by atoms with van der Waals surface area (Å²) in [4.78, 5) is 14.5. The lowest BCUT2D eigenvalue weighted by molar-refractivity contribution is 0.0178. The summed E-state index contributed by atoms with van der Waals surface area (Å²) in [7, 11) is 0. The van der Waals surface area contributed by atoms with Gasteiger partial charge in [-0.3, -0.25) is 5.41 Å². The molecule has 3 rings (SSSR count). The zero-order chi connectivity index (χ0) is 18.2. The van der Waals surface area contributed by atoms with Crippen molar-refractivity contribution in [2.75, 3.05) is 13.1 Å². The molecule has 0 saturated carbocycles. The van der Waals surface area contributed by atoms with Crippen LogP contribution in [0.15, 0.2) is 18.2 Å². The lowest BCUT2D eigenvalue weighted by atomic mass is 9.97. The number of carbonyl (C=O) groups is 1. The molecule has 1 fully saturated rings. The van der Waals surface area contributed by atoms with Crippen LogP contribution in [0.1, 0.15) is 33.6 Å². The Balaban J connectivity index is 1.64. The van der Waals surface area contributed by atoms with Crippen molar-refractivity contribution in [3.63, 3.8) is 0 Å². The largest absolute Gasteiger partial charge is 0.444 e. The van der Waals surface area contributed by atoms with Gasteiger partial charge in [-0.2, -0.15) is 0 Å². The van der Waals surface area contributed by atoms with Gasteiger partial charge in [-0.1, -0.05) is 22.9 Å². The number of carbonyl (C=O) groups excluding carboxylic acids is 1. The number of likely N-dealkylation sites (tertiary alicyclic amines) is 1. The molecule has 136 valence electrons. The fourth-order valence-corrected chi connectivity index (χ4v) is 4.32. The van der Waals surface area contributed by atoms with E-state index in [1.54, 1.807) is 4.90 Å². The molecule has 1 aliphatic rings. The number of amides is 1. The zero-order valence-corrected chi connectivity index (χ0v) is 16.4. The minimum atomic E-state index is -0.458. The summed E-state index contributed by atoms with van der Waals surface area (Å²) >= 11 is 7.50. The van der Waals surface area contributed by atoms with E-state index in [1.165, 1.54) is 11.3 Å². The highest BCUT2D eigenvalue weighted by atomic mass is 35.5. The van der Waals surface area contributed by atoms with Crippen LogP contribution in [0.5, 0.6) is 0 Å². The fourth-order valence-electron chi connectivity index (χ4n) is 3.13. The molecule has 0 bridgehead atoms. The van der Waals surface area contributed by atoms with Gasteiger partial charge >= 0.3 is 6.09 Å². The zero-order valence-electron chi connectivity index (χ0n) is 14.8. The average Bonchev–Trinajstić information content (AvgIpc) is 2.81.